The van der Waals surface area contributed by atoms with Crippen LogP contribution in [0, 0.1) is 12.8 Å². The van der Waals surface area contributed by atoms with Crippen molar-refractivity contribution in [2.45, 2.75) is 19.8 Å². The summed E-state index contributed by atoms with van der Waals surface area (Å²) in [5.41, 5.74) is 2.85. The zero-order valence-corrected chi connectivity index (χ0v) is 18.6. The predicted octanol–water partition coefficient (Wildman–Crippen LogP) is 5.23. The van der Waals surface area contributed by atoms with E-state index in [1.54, 1.807) is 41.9 Å². The predicted molar refractivity (Wildman–Crippen MR) is 129 cm³/mol. The fourth-order valence-corrected chi connectivity index (χ4v) is 5.47. The number of carbonyl (C=O) groups is 1. The molecule has 162 valence electrons. The van der Waals surface area contributed by atoms with E-state index >= 15 is 0 Å². The lowest BCUT2D eigenvalue weighted by Crippen LogP contribution is -2.38. The fourth-order valence-electron chi connectivity index (χ4n) is 4.33. The highest BCUT2D eigenvalue weighted by Gasteiger charge is 2.28. The summed E-state index contributed by atoms with van der Waals surface area (Å²) < 4.78 is 0. The number of hydrogen-bond donors (Lipinski definition) is 2. The molecule has 1 saturated heterocycles. The van der Waals surface area contributed by atoms with Gasteiger partial charge in [-0.1, -0.05) is 42.5 Å². The molecule has 5 rings (SSSR count). The molecule has 1 amide bonds. The molecule has 0 saturated carbocycles. The minimum atomic E-state index is -0.0911. The summed E-state index contributed by atoms with van der Waals surface area (Å²) in [5.74, 6) is 0.901. The van der Waals surface area contributed by atoms with Crippen LogP contribution in [0.4, 0.5) is 11.5 Å². The SMILES string of the molecule is Cc1c(-c2ccccc2)sc2ncnc(N3CCC(C(=O)Nc4ccccc4O)CC3)c12. The van der Waals surface area contributed by atoms with Crippen molar-refractivity contribution in [3.63, 3.8) is 0 Å². The standard InChI is InChI=1S/C25H24N4O2S/c1-16-21-23(26-15-27-25(21)32-22(16)17-7-3-2-4-8-17)29-13-11-18(12-14-29)24(31)28-19-9-5-6-10-20(19)30/h2-10,15,18,30H,11-14H2,1H3,(H,28,31). The maximum absolute atomic E-state index is 12.7. The van der Waals surface area contributed by atoms with Gasteiger partial charge in [0.15, 0.2) is 0 Å². The summed E-state index contributed by atoms with van der Waals surface area (Å²) in [7, 11) is 0. The van der Waals surface area contributed by atoms with Crippen molar-refractivity contribution in [2.24, 2.45) is 5.92 Å². The number of carbonyl (C=O) groups excluding carboxylic acids is 1. The Bertz CT molecular complexity index is 1260. The number of phenolic OH excluding ortho intramolecular Hbond substituents is 1. The first-order chi connectivity index (χ1) is 15.6. The number of fused-ring (bicyclic) bond motifs is 1. The second-order valence-corrected chi connectivity index (χ2v) is 9.07. The lowest BCUT2D eigenvalue weighted by molar-refractivity contribution is -0.120. The number of nitrogens with one attached hydrogen (secondary N) is 1. The Hall–Kier alpha value is -3.45. The minimum Gasteiger partial charge on any atom is -0.506 e. The van der Waals surface area contributed by atoms with Gasteiger partial charge in [0.05, 0.1) is 11.1 Å². The Balaban J connectivity index is 1.35. The summed E-state index contributed by atoms with van der Waals surface area (Å²) in [6.45, 7) is 3.64. The Morgan fingerprint density at radius 1 is 1.06 bits per heavy atom. The summed E-state index contributed by atoms with van der Waals surface area (Å²) in [6.07, 6.45) is 3.11. The second-order valence-electron chi connectivity index (χ2n) is 8.07. The molecule has 0 spiro atoms. The lowest BCUT2D eigenvalue weighted by atomic mass is 9.95. The van der Waals surface area contributed by atoms with E-state index < -0.39 is 0 Å². The molecule has 32 heavy (non-hydrogen) atoms. The van der Waals surface area contributed by atoms with E-state index in [1.165, 1.54) is 16.0 Å². The van der Waals surface area contributed by atoms with Crippen LogP contribution < -0.4 is 10.2 Å². The molecular formula is C25H24N4O2S. The van der Waals surface area contributed by atoms with Crippen molar-refractivity contribution < 1.29 is 9.90 Å². The number of nitrogens with zero attached hydrogens (tertiary/aromatic N) is 3. The van der Waals surface area contributed by atoms with Crippen molar-refractivity contribution in [3.05, 3.63) is 66.5 Å². The molecule has 3 heterocycles. The topological polar surface area (TPSA) is 78.4 Å². The Kier molecular flexibility index (Phi) is 5.49. The van der Waals surface area contributed by atoms with Crippen LogP contribution in [-0.2, 0) is 4.79 Å². The fraction of sp³-hybridized carbons (Fsp3) is 0.240. The van der Waals surface area contributed by atoms with Gasteiger partial charge >= 0.3 is 0 Å². The molecule has 0 radical (unpaired) electrons. The number of aromatic hydroxyl groups is 1. The molecule has 1 aliphatic rings. The van der Waals surface area contributed by atoms with Crippen molar-refractivity contribution in [1.82, 2.24) is 9.97 Å². The molecular weight excluding hydrogens is 420 g/mol. The van der Waals surface area contributed by atoms with Gasteiger partial charge in [0, 0.05) is 23.9 Å². The number of piperidine rings is 1. The zero-order valence-electron chi connectivity index (χ0n) is 17.8. The highest BCUT2D eigenvalue weighted by atomic mass is 32.1. The monoisotopic (exact) mass is 444 g/mol. The Morgan fingerprint density at radius 2 is 1.78 bits per heavy atom. The van der Waals surface area contributed by atoms with Crippen LogP contribution in [0.15, 0.2) is 60.9 Å². The quantitative estimate of drug-likeness (QED) is 0.422. The summed E-state index contributed by atoms with van der Waals surface area (Å²) >= 11 is 1.70. The highest BCUT2D eigenvalue weighted by Crippen LogP contribution is 2.41. The largest absolute Gasteiger partial charge is 0.506 e. The second kappa shape index (κ2) is 8.59. The maximum Gasteiger partial charge on any atom is 0.227 e. The molecule has 1 fully saturated rings. The van der Waals surface area contributed by atoms with E-state index in [1.807, 2.05) is 6.07 Å². The van der Waals surface area contributed by atoms with E-state index in [9.17, 15) is 9.90 Å². The van der Waals surface area contributed by atoms with Gasteiger partial charge in [0.1, 0.15) is 22.7 Å². The first kappa shape index (κ1) is 20.5. The van der Waals surface area contributed by atoms with Crippen LogP contribution in [0.2, 0.25) is 0 Å². The van der Waals surface area contributed by atoms with Crippen LogP contribution in [0.1, 0.15) is 18.4 Å². The number of anilines is 2. The number of para-hydroxylation sites is 2. The lowest BCUT2D eigenvalue weighted by Gasteiger charge is -2.32. The first-order valence-electron chi connectivity index (χ1n) is 10.7. The first-order valence-corrected chi connectivity index (χ1v) is 11.6. The van der Waals surface area contributed by atoms with Crippen molar-refractivity contribution >= 4 is 39.0 Å². The average molecular weight is 445 g/mol. The molecule has 0 atom stereocenters. The molecule has 2 aromatic heterocycles. The molecule has 6 nitrogen and oxygen atoms in total. The summed E-state index contributed by atoms with van der Waals surface area (Å²) in [4.78, 5) is 26.4. The van der Waals surface area contributed by atoms with Gasteiger partial charge in [-0.25, -0.2) is 9.97 Å². The molecule has 0 bridgehead atoms. The van der Waals surface area contributed by atoms with Gasteiger partial charge < -0.3 is 15.3 Å². The van der Waals surface area contributed by atoms with Gasteiger partial charge in [0.2, 0.25) is 5.91 Å². The normalized spacial score (nSPS) is 14.6. The molecule has 1 aliphatic heterocycles. The maximum atomic E-state index is 12.7. The van der Waals surface area contributed by atoms with E-state index in [4.69, 9.17) is 0 Å². The highest BCUT2D eigenvalue weighted by molar-refractivity contribution is 7.22. The van der Waals surface area contributed by atoms with Gasteiger partial charge in [-0.2, -0.15) is 0 Å². The molecule has 2 N–H and O–H groups in total. The van der Waals surface area contributed by atoms with Crippen molar-refractivity contribution in [2.75, 3.05) is 23.3 Å². The average Bonchev–Trinajstić information content (AvgIpc) is 3.18. The molecule has 0 unspecified atom stereocenters. The third-order valence-electron chi connectivity index (χ3n) is 6.07. The Morgan fingerprint density at radius 3 is 2.53 bits per heavy atom. The number of amides is 1. The van der Waals surface area contributed by atoms with Gasteiger partial charge in [0.25, 0.3) is 0 Å². The smallest absolute Gasteiger partial charge is 0.227 e. The van der Waals surface area contributed by atoms with Gasteiger partial charge in [-0.3, -0.25) is 4.79 Å². The van der Waals surface area contributed by atoms with Crippen LogP contribution in [0.25, 0.3) is 20.7 Å². The van der Waals surface area contributed by atoms with Crippen LogP contribution in [-0.4, -0.2) is 34.1 Å². The zero-order chi connectivity index (χ0) is 22.1. The van der Waals surface area contributed by atoms with Crippen molar-refractivity contribution in [1.29, 1.82) is 0 Å². The summed E-state index contributed by atoms with van der Waals surface area (Å²) in [6, 6.07) is 17.2. The van der Waals surface area contributed by atoms with E-state index in [0.29, 0.717) is 5.69 Å². The third-order valence-corrected chi connectivity index (χ3v) is 7.32. The van der Waals surface area contributed by atoms with Crippen molar-refractivity contribution in [3.8, 4) is 16.2 Å². The van der Waals surface area contributed by atoms with Crippen LogP contribution in [0.5, 0.6) is 5.75 Å². The van der Waals surface area contributed by atoms with Gasteiger partial charge in [-0.15, -0.1) is 11.3 Å². The molecule has 2 aromatic carbocycles. The third kappa shape index (κ3) is 3.80. The number of phenols is 1. The minimum absolute atomic E-state index is 0.0444. The number of thiophene rings is 1. The van der Waals surface area contributed by atoms with Crippen LogP contribution >= 0.6 is 11.3 Å². The van der Waals surface area contributed by atoms with Gasteiger partial charge in [-0.05, 0) is 43.0 Å². The number of aryl methyl sites for hydroxylation is 1. The number of hydrogen-bond acceptors (Lipinski definition) is 6. The number of aromatic nitrogens is 2. The molecule has 0 aliphatic carbocycles. The van der Waals surface area contributed by atoms with E-state index in [2.05, 4.69) is 51.4 Å². The van der Waals surface area contributed by atoms with E-state index in [-0.39, 0.29) is 17.6 Å². The van der Waals surface area contributed by atoms with Crippen LogP contribution in [0.3, 0.4) is 0 Å². The number of benzene rings is 2. The molecule has 7 heteroatoms. The molecule has 4 aromatic rings. The van der Waals surface area contributed by atoms with E-state index in [0.717, 1.165) is 42.0 Å². The number of rotatable bonds is 4. The Labute approximate surface area is 190 Å². The summed E-state index contributed by atoms with van der Waals surface area (Å²) in [5, 5.41) is 13.9.